The molecule has 0 aliphatic carbocycles. The van der Waals surface area contributed by atoms with Crippen LogP contribution < -0.4 is 21.9 Å². The van der Waals surface area contributed by atoms with Crippen LogP contribution in [0.2, 0.25) is 0 Å². The monoisotopic (exact) mass is 390 g/mol. The number of nitrogen functional groups attached to an aromatic ring is 1. The highest BCUT2D eigenvalue weighted by atomic mass is 16.1. The molecule has 0 atom stereocenters. The maximum Gasteiger partial charge on any atom is 0.251 e. The van der Waals surface area contributed by atoms with Crippen LogP contribution in [0.4, 0.5) is 5.82 Å². The van der Waals surface area contributed by atoms with Crippen LogP contribution in [0.5, 0.6) is 0 Å². The SMILES string of the molecule is Nc1ncc(-c2cccc(C(=O)NCc3ccccc3)c2)nc1CNNCC=O. The number of nitrogens with zero attached hydrogens (tertiary/aromatic N) is 2. The van der Waals surface area contributed by atoms with Gasteiger partial charge >= 0.3 is 0 Å². The van der Waals surface area contributed by atoms with Gasteiger partial charge in [0.15, 0.2) is 0 Å². The molecule has 0 saturated carbocycles. The number of nitrogens with two attached hydrogens (primary N) is 1. The molecular formula is C21H22N6O2. The van der Waals surface area contributed by atoms with Crippen molar-refractivity contribution in [2.24, 2.45) is 0 Å². The number of hydrogen-bond donors (Lipinski definition) is 4. The molecule has 0 bridgehead atoms. The van der Waals surface area contributed by atoms with Gasteiger partial charge in [-0.1, -0.05) is 42.5 Å². The van der Waals surface area contributed by atoms with E-state index in [-0.39, 0.29) is 12.5 Å². The molecule has 1 aromatic heterocycles. The smallest absolute Gasteiger partial charge is 0.251 e. The van der Waals surface area contributed by atoms with Gasteiger partial charge < -0.3 is 15.8 Å². The second kappa shape index (κ2) is 10.1. The molecule has 0 fully saturated rings. The molecule has 8 nitrogen and oxygen atoms in total. The molecule has 5 N–H and O–H groups in total. The lowest BCUT2D eigenvalue weighted by atomic mass is 10.1. The van der Waals surface area contributed by atoms with Crippen molar-refractivity contribution < 1.29 is 9.59 Å². The van der Waals surface area contributed by atoms with Crippen molar-refractivity contribution in [2.45, 2.75) is 13.1 Å². The fraction of sp³-hybridized carbons (Fsp3) is 0.143. The molecule has 3 rings (SSSR count). The minimum absolute atomic E-state index is 0.168. The number of hydrazine groups is 1. The number of aldehydes is 1. The van der Waals surface area contributed by atoms with E-state index in [4.69, 9.17) is 5.73 Å². The van der Waals surface area contributed by atoms with E-state index in [1.165, 1.54) is 0 Å². The van der Waals surface area contributed by atoms with E-state index >= 15 is 0 Å². The van der Waals surface area contributed by atoms with Crippen LogP contribution >= 0.6 is 0 Å². The Morgan fingerprint density at radius 2 is 1.86 bits per heavy atom. The quantitative estimate of drug-likeness (QED) is 0.248. The summed E-state index contributed by atoms with van der Waals surface area (Å²) in [6.45, 7) is 0.931. The Bertz CT molecular complexity index is 978. The Morgan fingerprint density at radius 3 is 2.66 bits per heavy atom. The first-order chi connectivity index (χ1) is 14.2. The highest BCUT2D eigenvalue weighted by molar-refractivity contribution is 5.95. The number of amides is 1. The Labute approximate surface area is 168 Å². The number of hydrogen-bond acceptors (Lipinski definition) is 7. The minimum atomic E-state index is -0.168. The average Bonchev–Trinajstić information content (AvgIpc) is 2.77. The van der Waals surface area contributed by atoms with Crippen LogP contribution in [0.3, 0.4) is 0 Å². The van der Waals surface area contributed by atoms with Crippen molar-refractivity contribution in [1.29, 1.82) is 0 Å². The first-order valence-corrected chi connectivity index (χ1v) is 9.10. The number of benzene rings is 2. The fourth-order valence-corrected chi connectivity index (χ4v) is 2.67. The third-order valence-corrected chi connectivity index (χ3v) is 4.16. The molecule has 148 valence electrons. The Balaban J connectivity index is 1.71. The first-order valence-electron chi connectivity index (χ1n) is 9.10. The van der Waals surface area contributed by atoms with E-state index in [9.17, 15) is 9.59 Å². The maximum atomic E-state index is 12.5. The molecule has 1 amide bonds. The summed E-state index contributed by atoms with van der Waals surface area (Å²) in [5.74, 6) is 0.130. The number of aromatic nitrogens is 2. The van der Waals surface area contributed by atoms with Gasteiger partial charge in [0, 0.05) is 17.7 Å². The third-order valence-electron chi connectivity index (χ3n) is 4.16. The van der Waals surface area contributed by atoms with Crippen LogP contribution in [-0.2, 0) is 17.9 Å². The molecule has 0 saturated heterocycles. The number of anilines is 1. The van der Waals surface area contributed by atoms with E-state index in [2.05, 4.69) is 26.1 Å². The zero-order chi connectivity index (χ0) is 20.5. The predicted molar refractivity (Wildman–Crippen MR) is 110 cm³/mol. The van der Waals surface area contributed by atoms with E-state index in [1.807, 2.05) is 36.4 Å². The highest BCUT2D eigenvalue weighted by Gasteiger charge is 2.10. The van der Waals surface area contributed by atoms with E-state index < -0.39 is 0 Å². The molecule has 0 unspecified atom stereocenters. The summed E-state index contributed by atoms with van der Waals surface area (Å²) in [6.07, 6.45) is 2.31. The number of carbonyl (C=O) groups excluding carboxylic acids is 2. The van der Waals surface area contributed by atoms with Gasteiger partial charge in [-0.25, -0.2) is 9.97 Å². The first kappa shape index (κ1) is 20.1. The minimum Gasteiger partial charge on any atom is -0.382 e. The van der Waals surface area contributed by atoms with Crippen molar-refractivity contribution in [2.75, 3.05) is 12.3 Å². The van der Waals surface area contributed by atoms with Gasteiger partial charge in [0.1, 0.15) is 12.1 Å². The summed E-state index contributed by atoms with van der Waals surface area (Å²) < 4.78 is 0. The van der Waals surface area contributed by atoms with Crippen molar-refractivity contribution in [3.8, 4) is 11.3 Å². The molecule has 3 aromatic rings. The maximum absolute atomic E-state index is 12.5. The highest BCUT2D eigenvalue weighted by Crippen LogP contribution is 2.20. The van der Waals surface area contributed by atoms with E-state index in [0.29, 0.717) is 35.9 Å². The van der Waals surface area contributed by atoms with Crippen LogP contribution in [0, 0.1) is 0 Å². The Morgan fingerprint density at radius 1 is 1.03 bits per heavy atom. The summed E-state index contributed by atoms with van der Waals surface area (Å²) >= 11 is 0. The zero-order valence-electron chi connectivity index (χ0n) is 15.8. The second-order valence-corrected chi connectivity index (χ2v) is 6.24. The van der Waals surface area contributed by atoms with Gasteiger partial charge in [-0.2, -0.15) is 0 Å². The fourth-order valence-electron chi connectivity index (χ4n) is 2.67. The molecule has 29 heavy (non-hydrogen) atoms. The predicted octanol–water partition coefficient (Wildman–Crippen LogP) is 1.45. The van der Waals surface area contributed by atoms with Gasteiger partial charge in [-0.05, 0) is 17.7 Å². The topological polar surface area (TPSA) is 122 Å². The lowest BCUT2D eigenvalue weighted by molar-refractivity contribution is -0.107. The average molecular weight is 390 g/mol. The Kier molecular flexibility index (Phi) is 6.99. The summed E-state index contributed by atoms with van der Waals surface area (Å²) in [5, 5.41) is 2.91. The molecule has 0 spiro atoms. The number of rotatable bonds is 9. The number of carbonyl (C=O) groups is 2. The third kappa shape index (κ3) is 5.68. The van der Waals surface area contributed by atoms with Crippen LogP contribution in [0.15, 0.2) is 60.8 Å². The lowest BCUT2D eigenvalue weighted by Gasteiger charge is -2.10. The molecule has 0 aliphatic rings. The molecule has 1 heterocycles. The van der Waals surface area contributed by atoms with Gasteiger partial charge in [-0.15, -0.1) is 0 Å². The van der Waals surface area contributed by atoms with E-state index in [1.54, 1.807) is 24.4 Å². The van der Waals surface area contributed by atoms with Crippen molar-refractivity contribution >= 4 is 18.0 Å². The molecule has 8 heteroatoms. The van der Waals surface area contributed by atoms with Crippen LogP contribution in [0.25, 0.3) is 11.3 Å². The van der Waals surface area contributed by atoms with Crippen LogP contribution in [-0.4, -0.2) is 28.7 Å². The van der Waals surface area contributed by atoms with Gasteiger partial charge in [0.2, 0.25) is 0 Å². The largest absolute Gasteiger partial charge is 0.382 e. The molecule has 0 radical (unpaired) electrons. The summed E-state index contributed by atoms with van der Waals surface area (Å²) in [4.78, 5) is 31.6. The van der Waals surface area contributed by atoms with Gasteiger partial charge in [0.05, 0.1) is 30.7 Å². The van der Waals surface area contributed by atoms with E-state index in [0.717, 1.165) is 17.4 Å². The number of nitrogens with one attached hydrogen (secondary N) is 3. The standard InChI is InChI=1S/C21H22N6O2/c22-20-19(14-26-25-9-10-28)27-18(13-23-20)16-7-4-8-17(11-16)21(29)24-12-15-5-2-1-3-6-15/h1-8,10-11,13,25-26H,9,12,14H2,(H2,22,23)(H,24,29). The molecular weight excluding hydrogens is 368 g/mol. The summed E-state index contributed by atoms with van der Waals surface area (Å²) in [7, 11) is 0. The van der Waals surface area contributed by atoms with Crippen LogP contribution in [0.1, 0.15) is 21.6 Å². The van der Waals surface area contributed by atoms with Gasteiger partial charge in [-0.3, -0.25) is 15.6 Å². The van der Waals surface area contributed by atoms with Gasteiger partial charge in [0.25, 0.3) is 5.91 Å². The lowest BCUT2D eigenvalue weighted by Crippen LogP contribution is -2.33. The van der Waals surface area contributed by atoms with Crippen molar-refractivity contribution in [3.63, 3.8) is 0 Å². The second-order valence-electron chi connectivity index (χ2n) is 6.24. The molecule has 0 aliphatic heterocycles. The van der Waals surface area contributed by atoms with Crippen molar-refractivity contribution in [3.05, 3.63) is 77.6 Å². The Hall–Kier alpha value is -3.62. The summed E-state index contributed by atoms with van der Waals surface area (Å²) in [6, 6.07) is 16.9. The normalized spacial score (nSPS) is 10.5. The van der Waals surface area contributed by atoms with Crippen molar-refractivity contribution in [1.82, 2.24) is 26.1 Å². The zero-order valence-corrected chi connectivity index (χ0v) is 15.8. The summed E-state index contributed by atoms with van der Waals surface area (Å²) in [5.41, 5.74) is 14.9. The molecule has 2 aromatic carbocycles.